The number of hydrogen-bond acceptors (Lipinski definition) is 3. The van der Waals surface area contributed by atoms with Gasteiger partial charge in [-0.2, -0.15) is 0 Å². The van der Waals surface area contributed by atoms with E-state index in [1.54, 1.807) is 0 Å². The Labute approximate surface area is 99.4 Å². The van der Waals surface area contributed by atoms with E-state index in [1.165, 1.54) is 51.6 Å². The minimum Gasteiger partial charge on any atom is -0.395 e. The molecule has 2 fully saturated rings. The summed E-state index contributed by atoms with van der Waals surface area (Å²) in [6.07, 6.45) is 8.41. The van der Waals surface area contributed by atoms with E-state index in [-0.39, 0.29) is 6.61 Å². The summed E-state index contributed by atoms with van der Waals surface area (Å²) in [4.78, 5) is 5.01. The van der Waals surface area contributed by atoms with Gasteiger partial charge in [0, 0.05) is 31.7 Å². The Morgan fingerprint density at radius 3 is 2.62 bits per heavy atom. The van der Waals surface area contributed by atoms with Crippen LogP contribution in [0.15, 0.2) is 0 Å². The van der Waals surface area contributed by atoms with Gasteiger partial charge < -0.3 is 5.11 Å². The molecule has 1 unspecified atom stereocenters. The van der Waals surface area contributed by atoms with E-state index >= 15 is 0 Å². The van der Waals surface area contributed by atoms with Crippen LogP contribution in [0.3, 0.4) is 0 Å². The second-order valence-corrected chi connectivity index (χ2v) is 5.43. The average Bonchev–Trinajstić information content (AvgIpc) is 2.80. The summed E-state index contributed by atoms with van der Waals surface area (Å²) < 4.78 is 0. The van der Waals surface area contributed by atoms with E-state index in [1.807, 2.05) is 0 Å². The molecule has 1 N–H and O–H groups in total. The highest BCUT2D eigenvalue weighted by Crippen LogP contribution is 2.26. The fourth-order valence-electron chi connectivity index (χ4n) is 3.25. The minimum atomic E-state index is 0.288. The van der Waals surface area contributed by atoms with Crippen LogP contribution < -0.4 is 0 Å². The molecule has 0 aromatic carbocycles. The first kappa shape index (κ1) is 12.3. The molecule has 0 bridgehead atoms. The lowest BCUT2D eigenvalue weighted by Gasteiger charge is -2.32. The third-order valence-electron chi connectivity index (χ3n) is 4.36. The SMILES string of the molecule is CN(CCO)C1CCN(C2CCCCC2)C1. The van der Waals surface area contributed by atoms with Crippen LogP contribution in [-0.2, 0) is 0 Å². The highest BCUT2D eigenvalue weighted by atomic mass is 16.3. The minimum absolute atomic E-state index is 0.288. The number of likely N-dealkylation sites (N-methyl/N-ethyl adjacent to an activating group) is 1. The van der Waals surface area contributed by atoms with Gasteiger partial charge in [-0.3, -0.25) is 9.80 Å². The highest BCUT2D eigenvalue weighted by Gasteiger charge is 2.30. The Morgan fingerprint density at radius 1 is 1.19 bits per heavy atom. The summed E-state index contributed by atoms with van der Waals surface area (Å²) in [5, 5.41) is 8.96. The lowest BCUT2D eigenvalue weighted by Crippen LogP contribution is -2.40. The van der Waals surface area contributed by atoms with Crippen LogP contribution in [0.1, 0.15) is 38.5 Å². The molecule has 1 atom stereocenters. The van der Waals surface area contributed by atoms with Crippen LogP contribution in [-0.4, -0.2) is 60.3 Å². The third kappa shape index (κ3) is 2.96. The normalized spacial score (nSPS) is 29.1. The fraction of sp³-hybridized carbons (Fsp3) is 1.00. The van der Waals surface area contributed by atoms with Crippen molar-refractivity contribution in [3.05, 3.63) is 0 Å². The number of aliphatic hydroxyl groups is 1. The molecule has 2 aliphatic rings. The number of hydrogen-bond donors (Lipinski definition) is 1. The van der Waals surface area contributed by atoms with Crippen molar-refractivity contribution in [2.75, 3.05) is 33.3 Å². The zero-order valence-corrected chi connectivity index (χ0v) is 10.6. The van der Waals surface area contributed by atoms with Gasteiger partial charge in [0.1, 0.15) is 0 Å². The van der Waals surface area contributed by atoms with Crippen molar-refractivity contribution in [3.8, 4) is 0 Å². The quantitative estimate of drug-likeness (QED) is 0.783. The molecule has 2 rings (SSSR count). The first-order valence-electron chi connectivity index (χ1n) is 6.86. The van der Waals surface area contributed by atoms with Crippen LogP contribution in [0.5, 0.6) is 0 Å². The first-order chi connectivity index (χ1) is 7.81. The van der Waals surface area contributed by atoms with E-state index in [0.717, 1.165) is 12.6 Å². The largest absolute Gasteiger partial charge is 0.395 e. The van der Waals surface area contributed by atoms with Crippen LogP contribution in [0.25, 0.3) is 0 Å². The summed E-state index contributed by atoms with van der Waals surface area (Å²) in [6, 6.07) is 1.54. The van der Waals surface area contributed by atoms with Gasteiger partial charge in [0.25, 0.3) is 0 Å². The molecule has 0 radical (unpaired) electrons. The zero-order valence-electron chi connectivity index (χ0n) is 10.6. The zero-order chi connectivity index (χ0) is 11.4. The maximum Gasteiger partial charge on any atom is 0.0558 e. The van der Waals surface area contributed by atoms with E-state index in [0.29, 0.717) is 6.04 Å². The van der Waals surface area contributed by atoms with Gasteiger partial charge in [-0.15, -0.1) is 0 Å². The van der Waals surface area contributed by atoms with Crippen molar-refractivity contribution in [1.82, 2.24) is 9.80 Å². The molecule has 1 saturated carbocycles. The van der Waals surface area contributed by atoms with Gasteiger partial charge in [-0.05, 0) is 26.3 Å². The Morgan fingerprint density at radius 2 is 1.94 bits per heavy atom. The van der Waals surface area contributed by atoms with Gasteiger partial charge in [0.15, 0.2) is 0 Å². The maximum atomic E-state index is 8.96. The Bertz CT molecular complexity index is 204. The maximum absolute atomic E-state index is 8.96. The molecule has 1 aliphatic carbocycles. The van der Waals surface area contributed by atoms with Crippen molar-refractivity contribution in [1.29, 1.82) is 0 Å². The van der Waals surface area contributed by atoms with Crippen LogP contribution in [0.4, 0.5) is 0 Å². The van der Waals surface area contributed by atoms with Crippen LogP contribution >= 0.6 is 0 Å². The second kappa shape index (κ2) is 5.99. The summed E-state index contributed by atoms with van der Waals surface area (Å²) >= 11 is 0. The average molecular weight is 226 g/mol. The molecule has 1 saturated heterocycles. The van der Waals surface area contributed by atoms with Gasteiger partial charge in [0.05, 0.1) is 6.61 Å². The molecule has 16 heavy (non-hydrogen) atoms. The predicted molar refractivity (Wildman–Crippen MR) is 66.6 cm³/mol. The fourth-order valence-corrected chi connectivity index (χ4v) is 3.25. The van der Waals surface area contributed by atoms with Crippen molar-refractivity contribution in [2.45, 2.75) is 50.6 Å². The van der Waals surface area contributed by atoms with Gasteiger partial charge >= 0.3 is 0 Å². The summed E-state index contributed by atoms with van der Waals surface area (Å²) in [5.41, 5.74) is 0. The van der Waals surface area contributed by atoms with E-state index < -0.39 is 0 Å². The Balaban J connectivity index is 1.78. The predicted octanol–water partition coefficient (Wildman–Crippen LogP) is 1.32. The molecule has 1 heterocycles. The Hall–Kier alpha value is -0.120. The van der Waals surface area contributed by atoms with Crippen LogP contribution in [0.2, 0.25) is 0 Å². The molecule has 3 nitrogen and oxygen atoms in total. The lowest BCUT2D eigenvalue weighted by molar-refractivity contribution is 0.153. The lowest BCUT2D eigenvalue weighted by atomic mass is 9.94. The van der Waals surface area contributed by atoms with Gasteiger partial charge in [-0.25, -0.2) is 0 Å². The molecule has 1 aliphatic heterocycles. The van der Waals surface area contributed by atoms with E-state index in [2.05, 4.69) is 16.8 Å². The number of nitrogens with zero attached hydrogens (tertiary/aromatic N) is 2. The summed E-state index contributed by atoms with van der Waals surface area (Å²) in [7, 11) is 2.14. The van der Waals surface area contributed by atoms with Crippen molar-refractivity contribution in [2.24, 2.45) is 0 Å². The van der Waals surface area contributed by atoms with Crippen LogP contribution in [0, 0.1) is 0 Å². The molecule has 94 valence electrons. The molecule has 3 heteroatoms. The van der Waals surface area contributed by atoms with Crippen molar-refractivity contribution < 1.29 is 5.11 Å². The van der Waals surface area contributed by atoms with E-state index in [9.17, 15) is 0 Å². The molecular weight excluding hydrogens is 200 g/mol. The number of likely N-dealkylation sites (tertiary alicyclic amines) is 1. The monoisotopic (exact) mass is 226 g/mol. The summed E-state index contributed by atoms with van der Waals surface area (Å²) in [5.74, 6) is 0. The third-order valence-corrected chi connectivity index (χ3v) is 4.36. The van der Waals surface area contributed by atoms with Crippen molar-refractivity contribution in [3.63, 3.8) is 0 Å². The molecule has 0 amide bonds. The number of aliphatic hydroxyl groups excluding tert-OH is 1. The molecule has 0 aromatic heterocycles. The standard InChI is InChI=1S/C13H26N2O/c1-14(9-10-16)13-7-8-15(11-13)12-5-3-2-4-6-12/h12-13,16H,2-11H2,1H3. The molecule has 0 aromatic rings. The highest BCUT2D eigenvalue weighted by molar-refractivity contribution is 4.87. The first-order valence-corrected chi connectivity index (χ1v) is 6.86. The number of rotatable bonds is 4. The molecular formula is C13H26N2O. The smallest absolute Gasteiger partial charge is 0.0558 e. The van der Waals surface area contributed by atoms with E-state index in [4.69, 9.17) is 5.11 Å². The Kier molecular flexibility index (Phi) is 4.62. The molecule has 0 spiro atoms. The second-order valence-electron chi connectivity index (χ2n) is 5.43. The van der Waals surface area contributed by atoms with Crippen molar-refractivity contribution >= 4 is 0 Å². The van der Waals surface area contributed by atoms with Gasteiger partial charge in [0.2, 0.25) is 0 Å². The summed E-state index contributed by atoms with van der Waals surface area (Å²) in [6.45, 7) is 3.60. The van der Waals surface area contributed by atoms with Gasteiger partial charge in [-0.1, -0.05) is 19.3 Å². The topological polar surface area (TPSA) is 26.7 Å².